The second-order valence-corrected chi connectivity index (χ2v) is 5.14. The summed E-state index contributed by atoms with van der Waals surface area (Å²) in [5, 5.41) is 3.40. The van der Waals surface area contributed by atoms with Crippen LogP contribution in [0.25, 0.3) is 0 Å². The molecule has 1 aliphatic heterocycles. The van der Waals surface area contributed by atoms with Crippen molar-refractivity contribution in [2.45, 2.75) is 12.8 Å². The van der Waals surface area contributed by atoms with Gasteiger partial charge in [0.2, 0.25) is 5.91 Å². The number of anilines is 1. The SMILES string of the molecule is NCCCC(=O)N1CCN(c2cccs2)CC1. The van der Waals surface area contributed by atoms with Gasteiger partial charge in [-0.3, -0.25) is 4.79 Å². The number of hydrogen-bond acceptors (Lipinski definition) is 4. The van der Waals surface area contributed by atoms with Gasteiger partial charge in [-0.25, -0.2) is 0 Å². The van der Waals surface area contributed by atoms with Crippen molar-refractivity contribution in [2.75, 3.05) is 37.6 Å². The second kappa shape index (κ2) is 6.02. The maximum absolute atomic E-state index is 11.8. The van der Waals surface area contributed by atoms with Crippen LogP contribution in [0.1, 0.15) is 12.8 Å². The Labute approximate surface area is 106 Å². The van der Waals surface area contributed by atoms with Gasteiger partial charge in [-0.05, 0) is 30.5 Å². The molecule has 5 heteroatoms. The largest absolute Gasteiger partial charge is 0.360 e. The molecule has 17 heavy (non-hydrogen) atoms. The zero-order valence-corrected chi connectivity index (χ0v) is 10.8. The van der Waals surface area contributed by atoms with E-state index in [1.165, 1.54) is 5.00 Å². The highest BCUT2D eigenvalue weighted by Gasteiger charge is 2.20. The molecule has 2 rings (SSSR count). The minimum Gasteiger partial charge on any atom is -0.360 e. The standard InChI is InChI=1S/C12H19N3OS/c13-5-1-3-11(16)14-6-8-15(9-7-14)12-4-2-10-17-12/h2,4,10H,1,3,5-9,13H2. The number of rotatable bonds is 4. The summed E-state index contributed by atoms with van der Waals surface area (Å²) < 4.78 is 0. The molecule has 0 radical (unpaired) electrons. The van der Waals surface area contributed by atoms with Crippen LogP contribution in [0, 0.1) is 0 Å². The first-order chi connectivity index (χ1) is 8.31. The van der Waals surface area contributed by atoms with Crippen molar-refractivity contribution in [1.82, 2.24) is 4.90 Å². The number of amides is 1. The summed E-state index contributed by atoms with van der Waals surface area (Å²) in [6.07, 6.45) is 1.39. The van der Waals surface area contributed by atoms with E-state index in [4.69, 9.17) is 5.73 Å². The van der Waals surface area contributed by atoms with Gasteiger partial charge in [0, 0.05) is 32.6 Å². The summed E-state index contributed by atoms with van der Waals surface area (Å²) in [6.45, 7) is 4.15. The number of carbonyl (C=O) groups excluding carboxylic acids is 1. The van der Waals surface area contributed by atoms with Crippen molar-refractivity contribution in [3.05, 3.63) is 17.5 Å². The molecular formula is C12H19N3OS. The van der Waals surface area contributed by atoms with Crippen LogP contribution in [0.2, 0.25) is 0 Å². The number of thiophene rings is 1. The molecule has 0 bridgehead atoms. The highest BCUT2D eigenvalue weighted by atomic mass is 32.1. The molecular weight excluding hydrogens is 234 g/mol. The molecule has 2 heterocycles. The lowest BCUT2D eigenvalue weighted by atomic mass is 10.2. The van der Waals surface area contributed by atoms with Crippen LogP contribution in [0.15, 0.2) is 17.5 Å². The van der Waals surface area contributed by atoms with Crippen molar-refractivity contribution in [2.24, 2.45) is 5.73 Å². The van der Waals surface area contributed by atoms with Crippen molar-refractivity contribution < 1.29 is 4.79 Å². The molecule has 0 unspecified atom stereocenters. The van der Waals surface area contributed by atoms with E-state index in [9.17, 15) is 4.79 Å². The van der Waals surface area contributed by atoms with Crippen LogP contribution in [0.4, 0.5) is 5.00 Å². The third-order valence-electron chi connectivity index (χ3n) is 3.04. The summed E-state index contributed by atoms with van der Waals surface area (Å²) in [5.74, 6) is 0.251. The normalized spacial score (nSPS) is 16.3. The van der Waals surface area contributed by atoms with Gasteiger partial charge in [-0.2, -0.15) is 0 Å². The molecule has 0 atom stereocenters. The molecule has 1 fully saturated rings. The molecule has 1 amide bonds. The number of carbonyl (C=O) groups is 1. The van der Waals surface area contributed by atoms with E-state index < -0.39 is 0 Å². The number of nitrogens with two attached hydrogens (primary N) is 1. The molecule has 0 spiro atoms. The van der Waals surface area contributed by atoms with E-state index >= 15 is 0 Å². The minimum atomic E-state index is 0.251. The first kappa shape index (κ1) is 12.4. The number of hydrogen-bond donors (Lipinski definition) is 1. The molecule has 4 nitrogen and oxygen atoms in total. The highest BCUT2D eigenvalue weighted by molar-refractivity contribution is 7.14. The number of piperazine rings is 1. The van der Waals surface area contributed by atoms with E-state index in [0.29, 0.717) is 13.0 Å². The van der Waals surface area contributed by atoms with Crippen LogP contribution in [-0.4, -0.2) is 43.5 Å². The smallest absolute Gasteiger partial charge is 0.222 e. The van der Waals surface area contributed by atoms with Crippen LogP contribution in [0.5, 0.6) is 0 Å². The molecule has 1 aliphatic rings. The van der Waals surface area contributed by atoms with Gasteiger partial charge in [0.25, 0.3) is 0 Å². The molecule has 2 N–H and O–H groups in total. The van der Waals surface area contributed by atoms with E-state index in [-0.39, 0.29) is 5.91 Å². The summed E-state index contributed by atoms with van der Waals surface area (Å²) in [7, 11) is 0. The zero-order chi connectivity index (χ0) is 12.1. The average molecular weight is 253 g/mol. The maximum Gasteiger partial charge on any atom is 0.222 e. The third kappa shape index (κ3) is 3.20. The fourth-order valence-electron chi connectivity index (χ4n) is 2.04. The molecule has 0 saturated carbocycles. The van der Waals surface area contributed by atoms with Crippen LogP contribution in [0.3, 0.4) is 0 Å². The van der Waals surface area contributed by atoms with E-state index in [1.807, 2.05) is 4.90 Å². The molecule has 1 aromatic rings. The topological polar surface area (TPSA) is 49.6 Å². The lowest BCUT2D eigenvalue weighted by Crippen LogP contribution is -2.48. The highest BCUT2D eigenvalue weighted by Crippen LogP contribution is 2.22. The fraction of sp³-hybridized carbons (Fsp3) is 0.583. The van der Waals surface area contributed by atoms with Gasteiger partial charge in [-0.1, -0.05) is 0 Å². The summed E-state index contributed by atoms with van der Waals surface area (Å²) in [4.78, 5) is 16.1. The van der Waals surface area contributed by atoms with Gasteiger partial charge in [0.05, 0.1) is 5.00 Å². The Morgan fingerprint density at radius 2 is 2.12 bits per heavy atom. The first-order valence-corrected chi connectivity index (χ1v) is 6.95. The van der Waals surface area contributed by atoms with Crippen molar-refractivity contribution in [3.8, 4) is 0 Å². The van der Waals surface area contributed by atoms with E-state index in [1.54, 1.807) is 11.3 Å². The Hall–Kier alpha value is -1.07. The molecule has 94 valence electrons. The third-order valence-corrected chi connectivity index (χ3v) is 3.97. The van der Waals surface area contributed by atoms with E-state index in [0.717, 1.165) is 32.6 Å². The lowest BCUT2D eigenvalue weighted by Gasteiger charge is -2.35. The Kier molecular flexibility index (Phi) is 4.39. The summed E-state index contributed by atoms with van der Waals surface area (Å²) >= 11 is 1.76. The number of nitrogens with zero attached hydrogens (tertiary/aromatic N) is 2. The monoisotopic (exact) mass is 253 g/mol. The average Bonchev–Trinajstić information content (AvgIpc) is 2.90. The van der Waals surface area contributed by atoms with Gasteiger partial charge in [0.1, 0.15) is 0 Å². The van der Waals surface area contributed by atoms with Gasteiger partial charge >= 0.3 is 0 Å². The Morgan fingerprint density at radius 3 is 2.71 bits per heavy atom. The van der Waals surface area contributed by atoms with E-state index in [2.05, 4.69) is 22.4 Å². The predicted molar refractivity (Wildman–Crippen MR) is 71.4 cm³/mol. The first-order valence-electron chi connectivity index (χ1n) is 6.07. The van der Waals surface area contributed by atoms with Crippen molar-refractivity contribution >= 4 is 22.2 Å². The Morgan fingerprint density at radius 1 is 1.35 bits per heavy atom. The quantitative estimate of drug-likeness (QED) is 0.875. The van der Waals surface area contributed by atoms with Crippen LogP contribution < -0.4 is 10.6 Å². The second-order valence-electron chi connectivity index (χ2n) is 4.21. The molecule has 0 aromatic carbocycles. The zero-order valence-electron chi connectivity index (χ0n) is 9.97. The van der Waals surface area contributed by atoms with Crippen molar-refractivity contribution in [1.29, 1.82) is 0 Å². The maximum atomic E-state index is 11.8. The summed E-state index contributed by atoms with van der Waals surface area (Å²) in [6, 6.07) is 4.20. The fourth-order valence-corrected chi connectivity index (χ4v) is 2.82. The van der Waals surface area contributed by atoms with Crippen LogP contribution in [-0.2, 0) is 4.79 Å². The molecule has 0 aliphatic carbocycles. The molecule has 1 saturated heterocycles. The van der Waals surface area contributed by atoms with Crippen molar-refractivity contribution in [3.63, 3.8) is 0 Å². The van der Waals surface area contributed by atoms with Gasteiger partial charge in [0.15, 0.2) is 0 Å². The Bertz CT molecular complexity index is 345. The Balaban J connectivity index is 1.80. The summed E-state index contributed by atoms with van der Waals surface area (Å²) in [5.41, 5.74) is 5.41. The molecule has 1 aromatic heterocycles. The van der Waals surface area contributed by atoms with Gasteiger partial charge in [-0.15, -0.1) is 11.3 Å². The lowest BCUT2D eigenvalue weighted by molar-refractivity contribution is -0.131. The van der Waals surface area contributed by atoms with Gasteiger partial charge < -0.3 is 15.5 Å². The minimum absolute atomic E-state index is 0.251. The van der Waals surface area contributed by atoms with Crippen LogP contribution >= 0.6 is 11.3 Å². The predicted octanol–water partition coefficient (Wildman–Crippen LogP) is 1.14.